The Morgan fingerprint density at radius 1 is 1.31 bits per heavy atom. The van der Waals surface area contributed by atoms with Gasteiger partial charge >= 0.3 is 0 Å². The predicted octanol–water partition coefficient (Wildman–Crippen LogP) is 2.10. The van der Waals surface area contributed by atoms with Crippen molar-refractivity contribution in [2.45, 2.75) is 26.4 Å². The molecule has 0 fully saturated rings. The molecular formula is C13H19NO2. The van der Waals surface area contributed by atoms with Crippen LogP contribution in [0.1, 0.15) is 31.1 Å². The molecule has 0 atom stereocenters. The maximum atomic E-state index is 10.5. The molecule has 0 saturated heterocycles. The van der Waals surface area contributed by atoms with E-state index >= 15 is 0 Å². The van der Waals surface area contributed by atoms with Gasteiger partial charge in [-0.15, -0.1) is 0 Å². The van der Waals surface area contributed by atoms with Gasteiger partial charge in [0, 0.05) is 24.3 Å². The summed E-state index contributed by atoms with van der Waals surface area (Å²) in [5.41, 5.74) is 0.970. The zero-order valence-electron chi connectivity index (χ0n) is 10.1. The molecule has 3 nitrogen and oxygen atoms in total. The fraction of sp³-hybridized carbons (Fsp3) is 0.462. The van der Waals surface area contributed by atoms with Crippen LogP contribution in [0, 0.1) is 0 Å². The SMILES string of the molecule is CCN(CC(C)(C)O)c1ccc(C=O)cc1. The van der Waals surface area contributed by atoms with Crippen LogP contribution < -0.4 is 4.90 Å². The molecule has 0 unspecified atom stereocenters. The number of likely N-dealkylation sites (N-methyl/N-ethyl adjacent to an activating group) is 1. The van der Waals surface area contributed by atoms with Gasteiger partial charge in [-0.2, -0.15) is 0 Å². The van der Waals surface area contributed by atoms with Gasteiger partial charge in [-0.05, 0) is 45.0 Å². The summed E-state index contributed by atoms with van der Waals surface area (Å²) in [5, 5.41) is 9.78. The number of hydrogen-bond acceptors (Lipinski definition) is 3. The van der Waals surface area contributed by atoms with Gasteiger partial charge in [-0.3, -0.25) is 4.79 Å². The summed E-state index contributed by atoms with van der Waals surface area (Å²) in [7, 11) is 0. The van der Waals surface area contributed by atoms with Gasteiger partial charge in [0.2, 0.25) is 0 Å². The standard InChI is InChI=1S/C13H19NO2/c1-4-14(10-13(2,3)16)12-7-5-11(9-15)6-8-12/h5-9,16H,4,10H2,1-3H3. The zero-order valence-corrected chi connectivity index (χ0v) is 10.1. The number of aldehydes is 1. The van der Waals surface area contributed by atoms with E-state index in [2.05, 4.69) is 4.90 Å². The average molecular weight is 221 g/mol. The van der Waals surface area contributed by atoms with E-state index in [1.807, 2.05) is 19.1 Å². The van der Waals surface area contributed by atoms with Crippen LogP contribution in [0.3, 0.4) is 0 Å². The van der Waals surface area contributed by atoms with Crippen LogP contribution in [0.15, 0.2) is 24.3 Å². The lowest BCUT2D eigenvalue weighted by Gasteiger charge is -2.29. The Morgan fingerprint density at radius 2 is 1.88 bits per heavy atom. The van der Waals surface area contributed by atoms with Crippen LogP contribution in [0.2, 0.25) is 0 Å². The summed E-state index contributed by atoms with van der Waals surface area (Å²) in [6, 6.07) is 7.38. The molecule has 1 aromatic carbocycles. The van der Waals surface area contributed by atoms with Crippen LogP contribution in [0.4, 0.5) is 5.69 Å². The van der Waals surface area contributed by atoms with E-state index in [1.165, 1.54) is 0 Å². The van der Waals surface area contributed by atoms with E-state index in [0.29, 0.717) is 12.1 Å². The summed E-state index contributed by atoms with van der Waals surface area (Å²) in [4.78, 5) is 12.6. The van der Waals surface area contributed by atoms with Crippen molar-refractivity contribution in [3.8, 4) is 0 Å². The minimum absolute atomic E-state index is 0.573. The molecule has 0 heterocycles. The first-order valence-corrected chi connectivity index (χ1v) is 5.49. The Balaban J connectivity index is 2.82. The molecule has 0 aliphatic heterocycles. The molecule has 0 radical (unpaired) electrons. The van der Waals surface area contributed by atoms with Crippen LogP contribution in [0.5, 0.6) is 0 Å². The minimum Gasteiger partial charge on any atom is -0.389 e. The molecule has 0 spiro atoms. The summed E-state index contributed by atoms with van der Waals surface area (Å²) >= 11 is 0. The highest BCUT2D eigenvalue weighted by Crippen LogP contribution is 2.17. The fourth-order valence-corrected chi connectivity index (χ4v) is 1.62. The summed E-state index contributed by atoms with van der Waals surface area (Å²) in [6.07, 6.45) is 0.829. The quantitative estimate of drug-likeness (QED) is 0.774. The Morgan fingerprint density at radius 3 is 2.25 bits per heavy atom. The van der Waals surface area contributed by atoms with Crippen LogP contribution in [-0.2, 0) is 0 Å². The monoisotopic (exact) mass is 221 g/mol. The minimum atomic E-state index is -0.723. The van der Waals surface area contributed by atoms with Crippen LogP contribution in [0.25, 0.3) is 0 Å². The smallest absolute Gasteiger partial charge is 0.150 e. The Bertz CT molecular complexity index is 338. The Labute approximate surface area is 96.7 Å². The second kappa shape index (κ2) is 5.12. The molecule has 16 heavy (non-hydrogen) atoms. The van der Waals surface area contributed by atoms with Gasteiger partial charge in [0.05, 0.1) is 5.60 Å². The molecule has 0 amide bonds. The number of anilines is 1. The number of carbonyl (C=O) groups is 1. The first-order valence-electron chi connectivity index (χ1n) is 5.49. The van der Waals surface area contributed by atoms with Gasteiger partial charge < -0.3 is 10.0 Å². The summed E-state index contributed by atoms with van der Waals surface area (Å²) < 4.78 is 0. The highest BCUT2D eigenvalue weighted by atomic mass is 16.3. The highest BCUT2D eigenvalue weighted by Gasteiger charge is 2.17. The molecule has 0 aliphatic rings. The number of aliphatic hydroxyl groups is 1. The van der Waals surface area contributed by atoms with Crippen molar-refractivity contribution >= 4 is 12.0 Å². The number of rotatable bonds is 5. The van der Waals surface area contributed by atoms with Crippen molar-refractivity contribution in [3.63, 3.8) is 0 Å². The predicted molar refractivity (Wildman–Crippen MR) is 66.0 cm³/mol. The van der Waals surface area contributed by atoms with E-state index < -0.39 is 5.60 Å². The van der Waals surface area contributed by atoms with Gasteiger partial charge in [-0.25, -0.2) is 0 Å². The lowest BCUT2D eigenvalue weighted by Crippen LogP contribution is -2.38. The molecule has 1 aromatic rings. The zero-order chi connectivity index (χ0) is 12.2. The third kappa shape index (κ3) is 3.66. The van der Waals surface area contributed by atoms with Crippen LogP contribution in [-0.4, -0.2) is 30.1 Å². The van der Waals surface area contributed by atoms with E-state index in [9.17, 15) is 9.90 Å². The van der Waals surface area contributed by atoms with Gasteiger partial charge in [0.25, 0.3) is 0 Å². The van der Waals surface area contributed by atoms with Crippen LogP contribution >= 0.6 is 0 Å². The first-order chi connectivity index (χ1) is 7.46. The van der Waals surface area contributed by atoms with Crippen molar-refractivity contribution in [3.05, 3.63) is 29.8 Å². The molecule has 0 aliphatic carbocycles. The van der Waals surface area contributed by atoms with Crippen molar-refractivity contribution in [2.24, 2.45) is 0 Å². The van der Waals surface area contributed by atoms with Crippen molar-refractivity contribution in [2.75, 3.05) is 18.0 Å². The van der Waals surface area contributed by atoms with Crippen molar-refractivity contribution in [1.82, 2.24) is 0 Å². The lowest BCUT2D eigenvalue weighted by molar-refractivity contribution is 0.0875. The van der Waals surface area contributed by atoms with Gasteiger partial charge in [-0.1, -0.05) is 0 Å². The second-order valence-corrected chi connectivity index (χ2v) is 4.54. The van der Waals surface area contributed by atoms with Crippen molar-refractivity contribution < 1.29 is 9.90 Å². The van der Waals surface area contributed by atoms with Gasteiger partial charge in [0.1, 0.15) is 6.29 Å². The maximum absolute atomic E-state index is 10.5. The highest BCUT2D eigenvalue weighted by molar-refractivity contribution is 5.75. The lowest BCUT2D eigenvalue weighted by atomic mass is 10.1. The number of carbonyl (C=O) groups excluding carboxylic acids is 1. The second-order valence-electron chi connectivity index (χ2n) is 4.54. The Hall–Kier alpha value is -1.35. The van der Waals surface area contributed by atoms with E-state index in [1.54, 1.807) is 26.0 Å². The van der Waals surface area contributed by atoms with Crippen molar-refractivity contribution in [1.29, 1.82) is 0 Å². The molecule has 0 aromatic heterocycles. The summed E-state index contributed by atoms with van der Waals surface area (Å²) in [5.74, 6) is 0. The fourth-order valence-electron chi connectivity index (χ4n) is 1.62. The number of nitrogens with zero attached hydrogens (tertiary/aromatic N) is 1. The molecule has 0 saturated carbocycles. The normalized spacial score (nSPS) is 11.2. The molecule has 1 rings (SSSR count). The molecular weight excluding hydrogens is 202 g/mol. The van der Waals surface area contributed by atoms with Gasteiger partial charge in [0.15, 0.2) is 0 Å². The number of benzene rings is 1. The molecule has 0 bridgehead atoms. The first kappa shape index (κ1) is 12.7. The van der Waals surface area contributed by atoms with E-state index in [4.69, 9.17) is 0 Å². The number of hydrogen-bond donors (Lipinski definition) is 1. The van der Waals surface area contributed by atoms with E-state index in [0.717, 1.165) is 18.5 Å². The third-order valence-corrected chi connectivity index (χ3v) is 2.35. The average Bonchev–Trinajstić information content (AvgIpc) is 2.25. The van der Waals surface area contributed by atoms with E-state index in [-0.39, 0.29) is 0 Å². The maximum Gasteiger partial charge on any atom is 0.150 e. The summed E-state index contributed by atoms with van der Waals surface area (Å²) in [6.45, 7) is 7.01. The Kier molecular flexibility index (Phi) is 4.07. The topological polar surface area (TPSA) is 40.5 Å². The molecule has 88 valence electrons. The largest absolute Gasteiger partial charge is 0.389 e. The third-order valence-electron chi connectivity index (χ3n) is 2.35. The molecule has 1 N–H and O–H groups in total. The molecule has 3 heteroatoms.